The van der Waals surface area contributed by atoms with E-state index in [9.17, 15) is 0 Å². The maximum atomic E-state index is 6.16. The van der Waals surface area contributed by atoms with E-state index < -0.39 is 0 Å². The van der Waals surface area contributed by atoms with Crippen molar-refractivity contribution in [2.45, 2.75) is 58.1 Å². The molecule has 1 fully saturated rings. The molecule has 0 radical (unpaired) electrons. The first kappa shape index (κ1) is 16.9. The molecular weight excluding hydrogens is 240 g/mol. The largest absolute Gasteiger partial charge is 0.380 e. The van der Waals surface area contributed by atoms with Gasteiger partial charge in [0.05, 0.1) is 12.2 Å². The lowest BCUT2D eigenvalue weighted by Gasteiger charge is -2.51. The van der Waals surface area contributed by atoms with Gasteiger partial charge in [0.2, 0.25) is 0 Å². The van der Waals surface area contributed by atoms with Gasteiger partial charge in [0.1, 0.15) is 0 Å². The van der Waals surface area contributed by atoms with Gasteiger partial charge in [-0.05, 0) is 39.7 Å². The molecule has 2 unspecified atom stereocenters. The van der Waals surface area contributed by atoms with E-state index in [1.165, 1.54) is 0 Å². The molecule has 0 aromatic rings. The molecule has 1 rings (SSSR count). The Bertz CT molecular complexity index is 263. The Morgan fingerprint density at radius 2 is 2.05 bits per heavy atom. The van der Waals surface area contributed by atoms with Crippen LogP contribution >= 0.6 is 0 Å². The molecule has 0 aromatic heterocycles. The summed E-state index contributed by atoms with van der Waals surface area (Å²) in [6.45, 7) is 13.7. The van der Waals surface area contributed by atoms with Crippen LogP contribution in [-0.4, -0.2) is 55.5 Å². The summed E-state index contributed by atoms with van der Waals surface area (Å²) in [5.74, 6) is 0. The summed E-state index contributed by atoms with van der Waals surface area (Å²) in [7, 11) is 0. The number of hydrogen-bond acceptors (Lipinski definition) is 4. The van der Waals surface area contributed by atoms with E-state index in [1.807, 2.05) is 6.92 Å². The van der Waals surface area contributed by atoms with Crippen molar-refractivity contribution in [2.24, 2.45) is 5.73 Å². The third-order valence-electron chi connectivity index (χ3n) is 4.61. The van der Waals surface area contributed by atoms with Gasteiger partial charge in [-0.15, -0.1) is 0 Å². The molecule has 114 valence electrons. The molecule has 0 aliphatic carbocycles. The fourth-order valence-electron chi connectivity index (χ4n) is 3.17. The molecule has 0 aromatic carbocycles. The van der Waals surface area contributed by atoms with Crippen LogP contribution in [0.3, 0.4) is 0 Å². The zero-order valence-corrected chi connectivity index (χ0v) is 13.2. The van der Waals surface area contributed by atoms with E-state index in [2.05, 4.69) is 25.7 Å². The van der Waals surface area contributed by atoms with Gasteiger partial charge in [-0.2, -0.15) is 0 Å². The number of nitrogens with two attached hydrogens (primary N) is 1. The molecule has 0 bridgehead atoms. The Morgan fingerprint density at radius 1 is 1.32 bits per heavy atom. The van der Waals surface area contributed by atoms with Gasteiger partial charge in [0.25, 0.3) is 0 Å². The van der Waals surface area contributed by atoms with Crippen LogP contribution in [0.25, 0.3) is 0 Å². The van der Waals surface area contributed by atoms with Crippen molar-refractivity contribution in [1.82, 2.24) is 4.90 Å². The molecule has 0 amide bonds. The van der Waals surface area contributed by atoms with Gasteiger partial charge in [-0.25, -0.2) is 0 Å². The van der Waals surface area contributed by atoms with Crippen molar-refractivity contribution in [3.63, 3.8) is 0 Å². The van der Waals surface area contributed by atoms with Crippen LogP contribution in [0.4, 0.5) is 0 Å². The highest BCUT2D eigenvalue weighted by atomic mass is 16.5. The smallest absolute Gasteiger partial charge is 0.0670 e. The Balaban J connectivity index is 2.75. The second-order valence-electron chi connectivity index (χ2n) is 5.78. The summed E-state index contributed by atoms with van der Waals surface area (Å²) >= 11 is 0. The average molecular weight is 272 g/mol. The van der Waals surface area contributed by atoms with Crippen LogP contribution < -0.4 is 5.73 Å². The fourth-order valence-corrected chi connectivity index (χ4v) is 3.17. The van der Waals surface area contributed by atoms with Crippen LogP contribution in [0.1, 0.15) is 47.0 Å². The predicted octanol–water partition coefficient (Wildman–Crippen LogP) is 2.02. The Hall–Kier alpha value is -0.160. The van der Waals surface area contributed by atoms with E-state index in [-0.39, 0.29) is 11.1 Å². The number of likely N-dealkylation sites (N-methyl/N-ethyl adjacent to an activating group) is 1. The monoisotopic (exact) mass is 272 g/mol. The molecule has 19 heavy (non-hydrogen) atoms. The van der Waals surface area contributed by atoms with Crippen LogP contribution in [-0.2, 0) is 9.47 Å². The number of hydrogen-bond donors (Lipinski definition) is 1. The summed E-state index contributed by atoms with van der Waals surface area (Å²) < 4.78 is 11.5. The van der Waals surface area contributed by atoms with Crippen LogP contribution in [0.2, 0.25) is 0 Å². The second-order valence-corrected chi connectivity index (χ2v) is 5.78. The van der Waals surface area contributed by atoms with Crippen LogP contribution in [0.5, 0.6) is 0 Å². The maximum absolute atomic E-state index is 6.16. The molecule has 1 heterocycles. The summed E-state index contributed by atoms with van der Waals surface area (Å²) in [5.41, 5.74) is 6.20. The molecule has 4 nitrogen and oxygen atoms in total. The minimum absolute atomic E-state index is 0.0311. The van der Waals surface area contributed by atoms with E-state index in [1.54, 1.807) is 0 Å². The number of rotatable bonds is 8. The molecule has 1 aliphatic heterocycles. The average Bonchev–Trinajstić information content (AvgIpc) is 2.43. The minimum Gasteiger partial charge on any atom is -0.380 e. The summed E-state index contributed by atoms with van der Waals surface area (Å²) in [5, 5.41) is 0. The fraction of sp³-hybridized carbons (Fsp3) is 1.00. The lowest BCUT2D eigenvalue weighted by molar-refractivity contribution is -0.130. The molecule has 1 saturated heterocycles. The van der Waals surface area contributed by atoms with Gasteiger partial charge in [-0.1, -0.05) is 13.8 Å². The first-order chi connectivity index (χ1) is 9.05. The summed E-state index contributed by atoms with van der Waals surface area (Å²) in [6.07, 6.45) is 3.09. The molecule has 1 aliphatic rings. The van der Waals surface area contributed by atoms with Crippen molar-refractivity contribution >= 4 is 0 Å². The van der Waals surface area contributed by atoms with Crippen molar-refractivity contribution in [3.05, 3.63) is 0 Å². The maximum Gasteiger partial charge on any atom is 0.0670 e. The molecule has 0 saturated carbocycles. The van der Waals surface area contributed by atoms with Crippen molar-refractivity contribution in [3.8, 4) is 0 Å². The predicted molar refractivity (Wildman–Crippen MR) is 79.4 cm³/mol. The Labute approximate surface area is 118 Å². The molecular formula is C15H32N2O2. The Morgan fingerprint density at radius 3 is 2.58 bits per heavy atom. The van der Waals surface area contributed by atoms with Crippen LogP contribution in [0.15, 0.2) is 0 Å². The Kier molecular flexibility index (Phi) is 6.74. The van der Waals surface area contributed by atoms with Gasteiger partial charge >= 0.3 is 0 Å². The quantitative estimate of drug-likeness (QED) is 0.687. The topological polar surface area (TPSA) is 47.7 Å². The van der Waals surface area contributed by atoms with E-state index in [0.717, 1.165) is 52.2 Å². The van der Waals surface area contributed by atoms with Gasteiger partial charge in [-0.3, -0.25) is 4.90 Å². The lowest BCUT2D eigenvalue weighted by atomic mass is 9.78. The highest BCUT2D eigenvalue weighted by Crippen LogP contribution is 2.37. The van der Waals surface area contributed by atoms with Crippen molar-refractivity contribution in [1.29, 1.82) is 0 Å². The lowest BCUT2D eigenvalue weighted by Crippen LogP contribution is -2.61. The summed E-state index contributed by atoms with van der Waals surface area (Å²) in [6, 6.07) is 0. The van der Waals surface area contributed by atoms with Gasteiger partial charge < -0.3 is 15.2 Å². The zero-order valence-electron chi connectivity index (χ0n) is 13.2. The second kappa shape index (κ2) is 7.58. The number of nitrogens with zero attached hydrogens (tertiary/aromatic N) is 1. The standard InChI is InChI=1S/C15H32N2O2/c1-5-14(4)12-15(13-16,8-10-19-14)17(6-2)9-11-18-7-3/h5-13,16H2,1-4H3. The molecule has 2 N–H and O–H groups in total. The minimum atomic E-state index is -0.0311. The van der Waals surface area contributed by atoms with Crippen LogP contribution in [0, 0.1) is 0 Å². The zero-order chi connectivity index (χ0) is 14.4. The summed E-state index contributed by atoms with van der Waals surface area (Å²) in [4.78, 5) is 2.50. The SMILES string of the molecule is CCOCCN(CC)C1(CN)CCOC(C)(CC)C1. The third kappa shape index (κ3) is 4.15. The highest BCUT2D eigenvalue weighted by Gasteiger charge is 2.44. The van der Waals surface area contributed by atoms with E-state index in [4.69, 9.17) is 15.2 Å². The van der Waals surface area contributed by atoms with Crippen molar-refractivity contribution < 1.29 is 9.47 Å². The van der Waals surface area contributed by atoms with Gasteiger partial charge in [0.15, 0.2) is 0 Å². The van der Waals surface area contributed by atoms with E-state index >= 15 is 0 Å². The number of ether oxygens (including phenoxy) is 2. The highest BCUT2D eigenvalue weighted by molar-refractivity contribution is 5.00. The molecule has 4 heteroatoms. The van der Waals surface area contributed by atoms with Gasteiger partial charge in [0, 0.05) is 31.8 Å². The third-order valence-corrected chi connectivity index (χ3v) is 4.61. The first-order valence-electron chi connectivity index (χ1n) is 7.72. The van der Waals surface area contributed by atoms with Crippen molar-refractivity contribution in [2.75, 3.05) is 39.5 Å². The van der Waals surface area contributed by atoms with E-state index in [0.29, 0.717) is 6.54 Å². The molecule has 0 spiro atoms. The first-order valence-corrected chi connectivity index (χ1v) is 7.72. The molecule has 2 atom stereocenters. The normalized spacial score (nSPS) is 31.9.